The maximum absolute atomic E-state index is 10.0. The zero-order valence-corrected chi connectivity index (χ0v) is 15.5. The van der Waals surface area contributed by atoms with Crippen molar-refractivity contribution in [2.75, 3.05) is 12.8 Å². The molecular weight excluding hydrogens is 287 g/mol. The van der Waals surface area contributed by atoms with E-state index >= 15 is 0 Å². The van der Waals surface area contributed by atoms with Crippen molar-refractivity contribution < 1.29 is 5.11 Å². The molecule has 0 aromatic heterocycles. The Hall–Kier alpha value is 0.390. The third-order valence-electron chi connectivity index (χ3n) is 7.25. The largest absolute Gasteiger partial charge is 0.393 e. The van der Waals surface area contributed by atoms with Crippen LogP contribution in [0.2, 0.25) is 0 Å². The first kappa shape index (κ1) is 17.2. The molecule has 0 radical (unpaired) electrons. The van der Waals surface area contributed by atoms with E-state index in [1.807, 2.05) is 0 Å². The standard InChI is InChI=1S/C20H38OP/c21-16-17-22(18-10-4-1-5-11-18,19-12-6-2-7-13-19)20-14-8-3-9-15-20/h18-21H,1-17H2/q+1. The Kier molecular flexibility index (Phi) is 6.64. The first-order valence-electron chi connectivity index (χ1n) is 10.4. The average molecular weight is 325 g/mol. The molecule has 0 bridgehead atoms. The third kappa shape index (κ3) is 3.56. The van der Waals surface area contributed by atoms with Crippen molar-refractivity contribution in [2.24, 2.45) is 0 Å². The predicted octanol–water partition coefficient (Wildman–Crippen LogP) is 5.99. The van der Waals surface area contributed by atoms with Crippen molar-refractivity contribution in [2.45, 2.75) is 113 Å². The van der Waals surface area contributed by atoms with E-state index in [9.17, 15) is 5.11 Å². The third-order valence-corrected chi connectivity index (χ3v) is 13.9. The molecule has 3 aliphatic carbocycles. The molecule has 0 heterocycles. The van der Waals surface area contributed by atoms with E-state index in [2.05, 4.69) is 0 Å². The lowest BCUT2D eigenvalue weighted by atomic mass is 9.99. The van der Waals surface area contributed by atoms with Crippen molar-refractivity contribution >= 4 is 7.26 Å². The highest BCUT2D eigenvalue weighted by Crippen LogP contribution is 2.76. The van der Waals surface area contributed by atoms with Crippen molar-refractivity contribution in [3.8, 4) is 0 Å². The van der Waals surface area contributed by atoms with Crippen LogP contribution in [0.1, 0.15) is 96.3 Å². The van der Waals surface area contributed by atoms with Gasteiger partial charge in [0.15, 0.2) is 0 Å². The second kappa shape index (κ2) is 8.48. The van der Waals surface area contributed by atoms with Crippen LogP contribution in [0.5, 0.6) is 0 Å². The summed E-state index contributed by atoms with van der Waals surface area (Å²) >= 11 is 0. The van der Waals surface area contributed by atoms with Crippen LogP contribution in [-0.4, -0.2) is 34.9 Å². The molecule has 3 aliphatic rings. The van der Waals surface area contributed by atoms with Crippen LogP contribution < -0.4 is 0 Å². The lowest BCUT2D eigenvalue weighted by Gasteiger charge is -2.48. The molecule has 3 rings (SSSR count). The Balaban J connectivity index is 1.88. The maximum Gasteiger partial charge on any atom is 0.0833 e. The molecule has 2 heteroatoms. The molecule has 22 heavy (non-hydrogen) atoms. The lowest BCUT2D eigenvalue weighted by Crippen LogP contribution is -2.38. The Morgan fingerprint density at radius 3 is 1.14 bits per heavy atom. The van der Waals surface area contributed by atoms with E-state index < -0.39 is 7.26 Å². The summed E-state index contributed by atoms with van der Waals surface area (Å²) < 4.78 is 0. The van der Waals surface area contributed by atoms with Gasteiger partial charge in [0.05, 0.1) is 29.7 Å². The summed E-state index contributed by atoms with van der Waals surface area (Å²) in [5.41, 5.74) is 3.12. The van der Waals surface area contributed by atoms with E-state index in [1.165, 1.54) is 102 Å². The fraction of sp³-hybridized carbons (Fsp3) is 1.00. The number of hydrogen-bond acceptors (Lipinski definition) is 1. The van der Waals surface area contributed by atoms with Crippen LogP contribution in [0.15, 0.2) is 0 Å². The van der Waals surface area contributed by atoms with Gasteiger partial charge in [-0.05, 0) is 77.0 Å². The number of aliphatic hydroxyl groups excluding tert-OH is 1. The Labute approximate surface area is 139 Å². The molecule has 0 aliphatic heterocycles. The normalized spacial score (nSPS) is 27.1. The fourth-order valence-electron chi connectivity index (χ4n) is 6.30. The molecular formula is C20H38OP+. The second-order valence-electron chi connectivity index (χ2n) is 8.32. The van der Waals surface area contributed by atoms with E-state index in [0.29, 0.717) is 6.61 Å². The maximum atomic E-state index is 10.0. The minimum atomic E-state index is -0.972. The van der Waals surface area contributed by atoms with Crippen molar-refractivity contribution in [1.29, 1.82) is 0 Å². The van der Waals surface area contributed by atoms with Gasteiger partial charge in [0.1, 0.15) is 0 Å². The number of aliphatic hydroxyl groups is 1. The Bertz CT molecular complexity index is 266. The Morgan fingerprint density at radius 1 is 0.545 bits per heavy atom. The zero-order valence-electron chi connectivity index (χ0n) is 14.6. The van der Waals surface area contributed by atoms with Crippen LogP contribution in [-0.2, 0) is 0 Å². The van der Waals surface area contributed by atoms with Crippen LogP contribution in [0.3, 0.4) is 0 Å². The fourth-order valence-corrected chi connectivity index (χ4v) is 13.5. The van der Waals surface area contributed by atoms with Crippen LogP contribution in [0.25, 0.3) is 0 Å². The molecule has 3 fully saturated rings. The van der Waals surface area contributed by atoms with Gasteiger partial charge in [-0.2, -0.15) is 0 Å². The first-order chi connectivity index (χ1) is 10.9. The molecule has 0 aromatic rings. The van der Waals surface area contributed by atoms with Gasteiger partial charge in [-0.15, -0.1) is 0 Å². The van der Waals surface area contributed by atoms with E-state index in [-0.39, 0.29) is 0 Å². The predicted molar refractivity (Wildman–Crippen MR) is 99.5 cm³/mol. The molecule has 0 amide bonds. The minimum Gasteiger partial charge on any atom is -0.393 e. The number of hydrogen-bond donors (Lipinski definition) is 1. The van der Waals surface area contributed by atoms with E-state index in [4.69, 9.17) is 0 Å². The average Bonchev–Trinajstić information content (AvgIpc) is 2.62. The van der Waals surface area contributed by atoms with Gasteiger partial charge >= 0.3 is 0 Å². The van der Waals surface area contributed by atoms with Gasteiger partial charge in [0.25, 0.3) is 0 Å². The summed E-state index contributed by atoms with van der Waals surface area (Å²) in [5, 5.41) is 10.0. The molecule has 0 unspecified atom stereocenters. The molecule has 128 valence electrons. The number of rotatable bonds is 5. The highest BCUT2D eigenvalue weighted by molar-refractivity contribution is 7.77. The van der Waals surface area contributed by atoms with Gasteiger partial charge in [-0.3, -0.25) is 0 Å². The Morgan fingerprint density at radius 2 is 0.864 bits per heavy atom. The monoisotopic (exact) mass is 325 g/mol. The molecule has 0 atom stereocenters. The quantitative estimate of drug-likeness (QED) is 0.615. The van der Waals surface area contributed by atoms with Crippen LogP contribution in [0.4, 0.5) is 0 Å². The van der Waals surface area contributed by atoms with Gasteiger partial charge in [-0.25, -0.2) is 0 Å². The summed E-state index contributed by atoms with van der Waals surface area (Å²) in [6, 6.07) is 0. The van der Waals surface area contributed by atoms with Crippen molar-refractivity contribution in [3.63, 3.8) is 0 Å². The summed E-state index contributed by atoms with van der Waals surface area (Å²) in [5.74, 6) is 0. The molecule has 3 saturated carbocycles. The zero-order chi connectivity index (χ0) is 15.3. The topological polar surface area (TPSA) is 20.2 Å². The minimum absolute atomic E-state index is 0.483. The SMILES string of the molecule is OCC[P+](C1CCCCC1)(C1CCCCC1)C1CCCCC1. The van der Waals surface area contributed by atoms with Crippen LogP contribution in [0, 0.1) is 0 Å². The van der Waals surface area contributed by atoms with Gasteiger partial charge < -0.3 is 5.11 Å². The summed E-state index contributed by atoms with van der Waals surface area (Å²) in [4.78, 5) is 0. The first-order valence-corrected chi connectivity index (χ1v) is 12.5. The lowest BCUT2D eigenvalue weighted by molar-refractivity contribution is 0.317. The van der Waals surface area contributed by atoms with Crippen molar-refractivity contribution in [3.05, 3.63) is 0 Å². The van der Waals surface area contributed by atoms with Crippen LogP contribution >= 0.6 is 7.26 Å². The van der Waals surface area contributed by atoms with Gasteiger partial charge in [0.2, 0.25) is 0 Å². The smallest absolute Gasteiger partial charge is 0.0833 e. The summed E-state index contributed by atoms with van der Waals surface area (Å²) in [7, 11) is -0.972. The highest BCUT2D eigenvalue weighted by atomic mass is 31.2. The molecule has 0 aromatic carbocycles. The molecule has 1 nitrogen and oxygen atoms in total. The van der Waals surface area contributed by atoms with Gasteiger partial charge in [0, 0.05) is 7.26 Å². The second-order valence-corrected chi connectivity index (χ2v) is 12.9. The van der Waals surface area contributed by atoms with Crippen molar-refractivity contribution in [1.82, 2.24) is 0 Å². The highest BCUT2D eigenvalue weighted by Gasteiger charge is 2.56. The summed E-state index contributed by atoms with van der Waals surface area (Å²) in [6.45, 7) is 0.483. The van der Waals surface area contributed by atoms with Gasteiger partial charge in [-0.1, -0.05) is 19.3 Å². The molecule has 1 N–H and O–H groups in total. The summed E-state index contributed by atoms with van der Waals surface area (Å²) in [6.07, 6.45) is 23.6. The van der Waals surface area contributed by atoms with E-state index in [0.717, 1.165) is 17.0 Å². The molecule has 0 saturated heterocycles. The van der Waals surface area contributed by atoms with E-state index in [1.54, 1.807) is 0 Å². The molecule has 0 spiro atoms.